The summed E-state index contributed by atoms with van der Waals surface area (Å²) in [5, 5.41) is 8.24. The van der Waals surface area contributed by atoms with Crippen LogP contribution in [0.1, 0.15) is 19.8 Å². The molecule has 0 aliphatic heterocycles. The molecule has 0 spiro atoms. The van der Waals surface area contributed by atoms with Crippen LogP contribution in [-0.4, -0.2) is 32.0 Å². The molecule has 3 heteroatoms. The monoisotopic (exact) mass is 226 g/mol. The van der Waals surface area contributed by atoms with Gasteiger partial charge in [-0.3, -0.25) is 0 Å². The summed E-state index contributed by atoms with van der Waals surface area (Å²) in [5.74, 6) is 0.910. The zero-order valence-electron chi connectivity index (χ0n) is 10.2. The number of hydrogen-bond acceptors (Lipinski definition) is 3. The van der Waals surface area contributed by atoms with Crippen molar-refractivity contribution in [1.82, 2.24) is 0 Å². The van der Waals surface area contributed by atoms with E-state index in [1.54, 1.807) is 7.11 Å². The maximum Gasteiger partial charge on any atom is 0.118 e. The molecule has 0 saturated heterocycles. The van der Waals surface area contributed by atoms with Crippen molar-refractivity contribution in [3.8, 4) is 5.75 Å². The van der Waals surface area contributed by atoms with Crippen molar-refractivity contribution in [1.29, 1.82) is 0 Å². The van der Waals surface area contributed by atoms with E-state index in [2.05, 4.69) is 6.92 Å². The van der Waals surface area contributed by atoms with E-state index in [1.165, 1.54) is 0 Å². The highest BCUT2D eigenvalue weighted by molar-refractivity contribution is 5.20. The van der Waals surface area contributed by atoms with Gasteiger partial charge in [0.2, 0.25) is 0 Å². The quantitative estimate of drug-likeness (QED) is 0.757. The molecule has 1 aromatic carbocycles. The third-order valence-corrected chi connectivity index (χ3v) is 1.86. The number of benzene rings is 1. The van der Waals surface area contributed by atoms with Gasteiger partial charge in [0.25, 0.3) is 0 Å². The first-order valence-corrected chi connectivity index (χ1v) is 5.62. The summed E-state index contributed by atoms with van der Waals surface area (Å²) in [4.78, 5) is 0. The molecular weight excluding hydrogens is 204 g/mol. The van der Waals surface area contributed by atoms with Gasteiger partial charge in [-0.2, -0.15) is 0 Å². The average Bonchev–Trinajstić information content (AvgIpc) is 2.36. The van der Waals surface area contributed by atoms with Crippen molar-refractivity contribution in [3.05, 3.63) is 30.3 Å². The number of para-hydroxylation sites is 1. The summed E-state index contributed by atoms with van der Waals surface area (Å²) in [6, 6.07) is 9.68. The van der Waals surface area contributed by atoms with E-state index in [4.69, 9.17) is 14.6 Å². The van der Waals surface area contributed by atoms with Crippen molar-refractivity contribution < 1.29 is 14.6 Å². The van der Waals surface area contributed by atoms with Crippen LogP contribution in [0.4, 0.5) is 0 Å². The molecule has 3 nitrogen and oxygen atoms in total. The minimum atomic E-state index is 0.143. The molecule has 0 fully saturated rings. The molecule has 0 unspecified atom stereocenters. The second kappa shape index (κ2) is 12.0. The molecule has 1 N–H and O–H groups in total. The first-order valence-electron chi connectivity index (χ1n) is 5.62. The third-order valence-electron chi connectivity index (χ3n) is 1.86. The Morgan fingerprint density at radius 1 is 1.12 bits per heavy atom. The van der Waals surface area contributed by atoms with Gasteiger partial charge in [0.1, 0.15) is 5.75 Å². The molecule has 1 aromatic rings. The molecule has 0 bridgehead atoms. The van der Waals surface area contributed by atoms with Crippen LogP contribution in [0, 0.1) is 0 Å². The van der Waals surface area contributed by atoms with Crippen LogP contribution in [0.2, 0.25) is 0 Å². The fraction of sp³-hybridized carbons (Fsp3) is 0.538. The molecule has 92 valence electrons. The number of methoxy groups -OCH3 is 1. The van der Waals surface area contributed by atoms with Gasteiger partial charge in [0.15, 0.2) is 0 Å². The van der Waals surface area contributed by atoms with Crippen molar-refractivity contribution in [2.24, 2.45) is 0 Å². The molecule has 0 saturated carbocycles. The lowest BCUT2D eigenvalue weighted by Crippen LogP contribution is -1.99. The van der Waals surface area contributed by atoms with Gasteiger partial charge in [0, 0.05) is 6.61 Å². The minimum Gasteiger partial charge on any atom is -0.497 e. The molecule has 0 aliphatic rings. The van der Waals surface area contributed by atoms with Crippen molar-refractivity contribution >= 4 is 0 Å². The van der Waals surface area contributed by atoms with Gasteiger partial charge in [-0.15, -0.1) is 0 Å². The first-order chi connectivity index (χ1) is 7.85. The van der Waals surface area contributed by atoms with E-state index < -0.39 is 0 Å². The summed E-state index contributed by atoms with van der Waals surface area (Å²) < 4.78 is 9.89. The molecule has 0 aliphatic carbocycles. The molecule has 0 amide bonds. The molecule has 0 aromatic heterocycles. The van der Waals surface area contributed by atoms with Gasteiger partial charge in [-0.05, 0) is 18.6 Å². The summed E-state index contributed by atoms with van der Waals surface area (Å²) in [6.45, 7) is 3.53. The highest BCUT2D eigenvalue weighted by Gasteiger charge is 1.82. The standard InChI is InChI=1S/C7H8O.C6H14O2/c1-8-7-5-3-2-4-6-7;1-2-3-5-8-6-4-7/h2-6H,1H3;7H,2-6H2,1H3. The number of ether oxygens (including phenoxy) is 2. The molecule has 0 radical (unpaired) electrons. The largest absolute Gasteiger partial charge is 0.497 e. The minimum absolute atomic E-state index is 0.143. The summed E-state index contributed by atoms with van der Waals surface area (Å²) in [7, 11) is 1.66. The van der Waals surface area contributed by atoms with Crippen LogP contribution in [0.3, 0.4) is 0 Å². The van der Waals surface area contributed by atoms with Gasteiger partial charge in [-0.25, -0.2) is 0 Å². The Balaban J connectivity index is 0.000000281. The summed E-state index contributed by atoms with van der Waals surface area (Å²) in [6.07, 6.45) is 2.26. The number of unbranched alkanes of at least 4 members (excludes halogenated alkanes) is 1. The average molecular weight is 226 g/mol. The number of rotatable bonds is 6. The van der Waals surface area contributed by atoms with Crippen LogP contribution in [0.25, 0.3) is 0 Å². The van der Waals surface area contributed by atoms with E-state index in [1.807, 2.05) is 30.3 Å². The lowest BCUT2D eigenvalue weighted by atomic mass is 10.3. The molecule has 0 heterocycles. The summed E-state index contributed by atoms with van der Waals surface area (Å²) >= 11 is 0. The van der Waals surface area contributed by atoms with E-state index >= 15 is 0 Å². The number of aliphatic hydroxyl groups excluding tert-OH is 1. The topological polar surface area (TPSA) is 38.7 Å². The zero-order chi connectivity index (χ0) is 12.1. The van der Waals surface area contributed by atoms with Crippen molar-refractivity contribution in [2.75, 3.05) is 26.9 Å². The first kappa shape index (κ1) is 14.9. The number of aliphatic hydroxyl groups is 1. The predicted molar refractivity (Wildman–Crippen MR) is 65.8 cm³/mol. The predicted octanol–water partition coefficient (Wildman–Crippen LogP) is 2.49. The molecule has 16 heavy (non-hydrogen) atoms. The highest BCUT2D eigenvalue weighted by Crippen LogP contribution is 2.05. The Labute approximate surface area is 98.0 Å². The zero-order valence-corrected chi connectivity index (χ0v) is 10.2. The van der Waals surface area contributed by atoms with Crippen LogP contribution < -0.4 is 4.74 Å². The Bertz CT molecular complexity index is 218. The maximum absolute atomic E-state index is 8.24. The summed E-state index contributed by atoms with van der Waals surface area (Å²) in [5.41, 5.74) is 0. The van der Waals surface area contributed by atoms with Crippen LogP contribution in [0.15, 0.2) is 30.3 Å². The Morgan fingerprint density at radius 2 is 1.81 bits per heavy atom. The van der Waals surface area contributed by atoms with Crippen LogP contribution in [-0.2, 0) is 4.74 Å². The molecule has 0 atom stereocenters. The third kappa shape index (κ3) is 9.49. The van der Waals surface area contributed by atoms with E-state index in [0.29, 0.717) is 6.61 Å². The van der Waals surface area contributed by atoms with E-state index in [9.17, 15) is 0 Å². The van der Waals surface area contributed by atoms with E-state index in [0.717, 1.165) is 25.2 Å². The maximum atomic E-state index is 8.24. The van der Waals surface area contributed by atoms with Crippen molar-refractivity contribution in [2.45, 2.75) is 19.8 Å². The van der Waals surface area contributed by atoms with Crippen LogP contribution >= 0.6 is 0 Å². The van der Waals surface area contributed by atoms with Gasteiger partial charge in [-0.1, -0.05) is 31.5 Å². The Morgan fingerprint density at radius 3 is 2.25 bits per heavy atom. The normalized spacial score (nSPS) is 9.19. The highest BCUT2D eigenvalue weighted by atomic mass is 16.5. The van der Waals surface area contributed by atoms with Gasteiger partial charge in [0.05, 0.1) is 20.3 Å². The van der Waals surface area contributed by atoms with E-state index in [-0.39, 0.29) is 6.61 Å². The SMILES string of the molecule is CCCCOCCO.COc1ccccc1. The fourth-order valence-corrected chi connectivity index (χ4v) is 0.970. The lowest BCUT2D eigenvalue weighted by molar-refractivity contribution is 0.0904. The second-order valence-electron chi connectivity index (χ2n) is 3.21. The number of hydrogen-bond donors (Lipinski definition) is 1. The Hall–Kier alpha value is -1.06. The molecule has 1 rings (SSSR count). The smallest absolute Gasteiger partial charge is 0.118 e. The second-order valence-corrected chi connectivity index (χ2v) is 3.21. The molecular formula is C13H22O3. The van der Waals surface area contributed by atoms with Gasteiger partial charge < -0.3 is 14.6 Å². The lowest BCUT2D eigenvalue weighted by Gasteiger charge is -1.97. The fourth-order valence-electron chi connectivity index (χ4n) is 0.970. The van der Waals surface area contributed by atoms with Crippen molar-refractivity contribution in [3.63, 3.8) is 0 Å². The van der Waals surface area contributed by atoms with Gasteiger partial charge >= 0.3 is 0 Å². The Kier molecular flexibility index (Phi) is 11.2. The van der Waals surface area contributed by atoms with Crippen LogP contribution in [0.5, 0.6) is 5.75 Å².